The number of anilines is 1. The van der Waals surface area contributed by atoms with E-state index in [1.54, 1.807) is 25.1 Å². The summed E-state index contributed by atoms with van der Waals surface area (Å²) in [5.41, 5.74) is 0.0562. The van der Waals surface area contributed by atoms with Gasteiger partial charge in [0.05, 0.1) is 7.11 Å². The van der Waals surface area contributed by atoms with E-state index >= 15 is 0 Å². The van der Waals surface area contributed by atoms with E-state index in [-0.39, 0.29) is 22.9 Å². The largest absolute Gasteiger partial charge is 0.507 e. The third-order valence-corrected chi connectivity index (χ3v) is 2.32. The van der Waals surface area contributed by atoms with Gasteiger partial charge in [-0.05, 0) is 19.1 Å². The Morgan fingerprint density at radius 2 is 2.28 bits per heavy atom. The highest BCUT2D eigenvalue weighted by Gasteiger charge is 2.18. The van der Waals surface area contributed by atoms with Crippen LogP contribution in [0.15, 0.2) is 28.8 Å². The third-order valence-electron chi connectivity index (χ3n) is 2.32. The number of benzene rings is 1. The number of amides is 1. The number of aryl methyl sites for hydroxylation is 1. The van der Waals surface area contributed by atoms with Crippen LogP contribution in [-0.4, -0.2) is 23.3 Å². The van der Waals surface area contributed by atoms with Gasteiger partial charge in [0.25, 0.3) is 5.91 Å². The SMILES string of the molecule is COc1cccc(O)c1C(=O)Nc1cc(C)on1. The van der Waals surface area contributed by atoms with Crippen LogP contribution < -0.4 is 10.1 Å². The summed E-state index contributed by atoms with van der Waals surface area (Å²) in [6.07, 6.45) is 0. The summed E-state index contributed by atoms with van der Waals surface area (Å²) in [7, 11) is 1.42. The van der Waals surface area contributed by atoms with Crippen LogP contribution >= 0.6 is 0 Å². The van der Waals surface area contributed by atoms with Gasteiger partial charge in [-0.15, -0.1) is 0 Å². The third kappa shape index (κ3) is 2.27. The molecule has 0 saturated heterocycles. The quantitative estimate of drug-likeness (QED) is 0.867. The second kappa shape index (κ2) is 4.79. The number of ether oxygens (including phenoxy) is 1. The Kier molecular flexibility index (Phi) is 3.18. The molecule has 94 valence electrons. The fraction of sp³-hybridized carbons (Fsp3) is 0.167. The van der Waals surface area contributed by atoms with Crippen LogP contribution in [0.3, 0.4) is 0 Å². The van der Waals surface area contributed by atoms with Crippen LogP contribution in [0.5, 0.6) is 11.5 Å². The maximum atomic E-state index is 12.0. The Morgan fingerprint density at radius 3 is 2.89 bits per heavy atom. The highest BCUT2D eigenvalue weighted by molar-refractivity contribution is 6.07. The Balaban J connectivity index is 2.28. The minimum Gasteiger partial charge on any atom is -0.507 e. The predicted octanol–water partition coefficient (Wildman–Crippen LogP) is 1.95. The smallest absolute Gasteiger partial charge is 0.264 e. The molecule has 2 N–H and O–H groups in total. The number of nitrogens with one attached hydrogen (secondary N) is 1. The summed E-state index contributed by atoms with van der Waals surface area (Å²) >= 11 is 0. The van der Waals surface area contributed by atoms with E-state index in [1.807, 2.05) is 0 Å². The Bertz CT molecular complexity index is 577. The summed E-state index contributed by atoms with van der Waals surface area (Å²) < 4.78 is 9.86. The van der Waals surface area contributed by atoms with E-state index in [0.717, 1.165) is 0 Å². The first kappa shape index (κ1) is 12.0. The molecule has 0 aliphatic heterocycles. The molecular formula is C12H12N2O4. The van der Waals surface area contributed by atoms with Crippen LogP contribution in [0, 0.1) is 6.92 Å². The number of nitrogens with zero attached hydrogens (tertiary/aromatic N) is 1. The lowest BCUT2D eigenvalue weighted by molar-refractivity contribution is 0.102. The maximum absolute atomic E-state index is 12.0. The number of phenolic OH excluding ortho intramolecular Hbond substituents is 1. The van der Waals surface area contributed by atoms with Crippen molar-refractivity contribution in [2.45, 2.75) is 6.92 Å². The van der Waals surface area contributed by atoms with Crippen molar-refractivity contribution in [1.29, 1.82) is 0 Å². The molecular weight excluding hydrogens is 236 g/mol. The molecule has 0 unspecified atom stereocenters. The highest BCUT2D eigenvalue weighted by atomic mass is 16.5. The Morgan fingerprint density at radius 1 is 1.50 bits per heavy atom. The maximum Gasteiger partial charge on any atom is 0.264 e. The second-order valence-electron chi connectivity index (χ2n) is 3.63. The minimum absolute atomic E-state index is 0.0562. The van der Waals surface area contributed by atoms with E-state index in [4.69, 9.17) is 9.26 Å². The topological polar surface area (TPSA) is 84.6 Å². The van der Waals surface area contributed by atoms with Crippen molar-refractivity contribution in [2.24, 2.45) is 0 Å². The van der Waals surface area contributed by atoms with Crippen LogP contribution in [0.1, 0.15) is 16.1 Å². The van der Waals surface area contributed by atoms with Gasteiger partial charge in [0.2, 0.25) is 0 Å². The normalized spacial score (nSPS) is 10.1. The number of carbonyl (C=O) groups excluding carboxylic acids is 1. The number of methoxy groups -OCH3 is 1. The minimum atomic E-state index is -0.516. The van der Waals surface area contributed by atoms with Crippen molar-refractivity contribution < 1.29 is 19.2 Å². The van der Waals surface area contributed by atoms with E-state index in [0.29, 0.717) is 5.76 Å². The van der Waals surface area contributed by atoms with Gasteiger partial charge in [0.1, 0.15) is 22.8 Å². The number of carbonyl (C=O) groups is 1. The van der Waals surface area contributed by atoms with Crippen LogP contribution in [-0.2, 0) is 0 Å². The predicted molar refractivity (Wildman–Crippen MR) is 63.9 cm³/mol. The number of hydrogen-bond acceptors (Lipinski definition) is 5. The molecule has 2 aromatic rings. The summed E-state index contributed by atoms with van der Waals surface area (Å²) in [6, 6.07) is 6.16. The highest BCUT2D eigenvalue weighted by Crippen LogP contribution is 2.27. The zero-order valence-electron chi connectivity index (χ0n) is 9.93. The van der Waals surface area contributed by atoms with E-state index in [2.05, 4.69) is 10.5 Å². The van der Waals surface area contributed by atoms with Crippen LogP contribution in [0.4, 0.5) is 5.82 Å². The van der Waals surface area contributed by atoms with Crippen molar-refractivity contribution in [3.8, 4) is 11.5 Å². The van der Waals surface area contributed by atoms with Gasteiger partial charge in [-0.1, -0.05) is 11.2 Å². The monoisotopic (exact) mass is 248 g/mol. The zero-order chi connectivity index (χ0) is 13.1. The molecule has 6 nitrogen and oxygen atoms in total. The van der Waals surface area contributed by atoms with E-state index in [1.165, 1.54) is 13.2 Å². The molecule has 1 amide bonds. The van der Waals surface area contributed by atoms with Crippen LogP contribution in [0.25, 0.3) is 0 Å². The number of aromatic hydroxyl groups is 1. The molecule has 6 heteroatoms. The first-order valence-corrected chi connectivity index (χ1v) is 5.22. The molecule has 0 radical (unpaired) electrons. The summed E-state index contributed by atoms with van der Waals surface area (Å²) in [6.45, 7) is 1.71. The molecule has 1 aromatic carbocycles. The molecule has 0 aliphatic rings. The van der Waals surface area contributed by atoms with Gasteiger partial charge in [-0.3, -0.25) is 4.79 Å². The fourth-order valence-electron chi connectivity index (χ4n) is 1.52. The molecule has 0 fully saturated rings. The lowest BCUT2D eigenvalue weighted by Crippen LogP contribution is -2.13. The van der Waals surface area contributed by atoms with Crippen LogP contribution in [0.2, 0.25) is 0 Å². The van der Waals surface area contributed by atoms with Crippen molar-refractivity contribution in [2.75, 3.05) is 12.4 Å². The second-order valence-corrected chi connectivity index (χ2v) is 3.63. The number of phenols is 1. The number of rotatable bonds is 3. The van der Waals surface area contributed by atoms with Gasteiger partial charge < -0.3 is 19.7 Å². The molecule has 1 heterocycles. The molecule has 0 spiro atoms. The molecule has 0 bridgehead atoms. The summed E-state index contributed by atoms with van der Waals surface area (Å²) in [4.78, 5) is 12.0. The molecule has 1 aromatic heterocycles. The molecule has 2 rings (SSSR count). The van der Waals surface area contributed by atoms with Gasteiger partial charge in [-0.25, -0.2) is 0 Å². The average molecular weight is 248 g/mol. The first-order valence-electron chi connectivity index (χ1n) is 5.22. The van der Waals surface area contributed by atoms with Crippen molar-refractivity contribution in [3.05, 3.63) is 35.6 Å². The van der Waals surface area contributed by atoms with Gasteiger partial charge in [0, 0.05) is 6.07 Å². The van der Waals surface area contributed by atoms with Crippen molar-refractivity contribution >= 4 is 11.7 Å². The van der Waals surface area contributed by atoms with Gasteiger partial charge in [0.15, 0.2) is 5.82 Å². The summed E-state index contributed by atoms with van der Waals surface area (Å²) in [5.74, 6) is 0.468. The molecule has 0 aliphatic carbocycles. The van der Waals surface area contributed by atoms with E-state index < -0.39 is 5.91 Å². The molecule has 18 heavy (non-hydrogen) atoms. The molecule has 0 saturated carbocycles. The van der Waals surface area contributed by atoms with Gasteiger partial charge in [-0.2, -0.15) is 0 Å². The van der Waals surface area contributed by atoms with Crippen molar-refractivity contribution in [3.63, 3.8) is 0 Å². The average Bonchev–Trinajstić information content (AvgIpc) is 2.74. The lowest BCUT2D eigenvalue weighted by Gasteiger charge is -2.09. The Hall–Kier alpha value is -2.50. The van der Waals surface area contributed by atoms with Crippen molar-refractivity contribution in [1.82, 2.24) is 5.16 Å². The number of hydrogen-bond donors (Lipinski definition) is 2. The molecule has 0 atom stereocenters. The standard InChI is InChI=1S/C12H12N2O4/c1-7-6-10(14-18-7)13-12(16)11-8(15)4-3-5-9(11)17-2/h3-6,15H,1-2H3,(H,13,14,16). The fourth-order valence-corrected chi connectivity index (χ4v) is 1.52. The number of aromatic nitrogens is 1. The van der Waals surface area contributed by atoms with Gasteiger partial charge >= 0.3 is 0 Å². The van der Waals surface area contributed by atoms with E-state index in [9.17, 15) is 9.90 Å². The first-order chi connectivity index (χ1) is 8.61. The zero-order valence-corrected chi connectivity index (χ0v) is 9.93. The lowest BCUT2D eigenvalue weighted by atomic mass is 10.1. The Labute approximate surface area is 103 Å². The summed E-state index contributed by atoms with van der Waals surface area (Å²) in [5, 5.41) is 15.8.